The van der Waals surface area contributed by atoms with Crippen LogP contribution in [-0.4, -0.2) is 53.0 Å². The fourth-order valence-corrected chi connectivity index (χ4v) is 4.48. The van der Waals surface area contributed by atoms with Crippen molar-refractivity contribution in [2.45, 2.75) is 12.2 Å². The molecule has 2 heterocycles. The first-order valence-electron chi connectivity index (χ1n) is 8.04. The number of aliphatic carboxylic acids is 1. The van der Waals surface area contributed by atoms with Crippen molar-refractivity contribution in [3.05, 3.63) is 48.3 Å². The van der Waals surface area contributed by atoms with Crippen molar-refractivity contribution in [3.8, 4) is 16.9 Å². The normalized spacial score (nSPS) is 19.6. The lowest BCUT2D eigenvalue weighted by molar-refractivity contribution is -0.137. The largest absolute Gasteiger partial charge is 0.497 e. The average Bonchev–Trinajstić information content (AvgIpc) is 2.64. The van der Waals surface area contributed by atoms with Crippen LogP contribution in [0.5, 0.6) is 5.75 Å². The van der Waals surface area contributed by atoms with Crippen LogP contribution < -0.4 is 4.74 Å². The Labute approximate surface area is 147 Å². The molecule has 1 N–H and O–H groups in total. The van der Waals surface area contributed by atoms with Gasteiger partial charge in [0.05, 0.1) is 13.7 Å². The second-order valence-corrected chi connectivity index (χ2v) is 7.89. The third kappa shape index (κ3) is 4.03. The van der Waals surface area contributed by atoms with E-state index in [2.05, 4.69) is 9.88 Å². The van der Waals surface area contributed by atoms with E-state index in [0.717, 1.165) is 22.4 Å². The minimum Gasteiger partial charge on any atom is -0.497 e. The first-order valence-corrected chi connectivity index (χ1v) is 9.56. The summed E-state index contributed by atoms with van der Waals surface area (Å²) >= 11 is 0. The number of carbonyl (C=O) groups is 1. The van der Waals surface area contributed by atoms with E-state index in [1.54, 1.807) is 19.5 Å². The molecule has 25 heavy (non-hydrogen) atoms. The summed E-state index contributed by atoms with van der Waals surface area (Å²) in [5, 5.41) is 9.26. The average molecular weight is 359 g/mol. The molecule has 1 aromatic heterocycles. The molecule has 0 spiro atoms. The Balaban J connectivity index is 1.87. The van der Waals surface area contributed by atoms with Crippen LogP contribution in [0.25, 0.3) is 11.1 Å². The Morgan fingerprint density at radius 1 is 1.36 bits per heavy atom. The molecule has 0 bridgehead atoms. The lowest BCUT2D eigenvalue weighted by Gasteiger charge is -2.25. The molecule has 6 nitrogen and oxygen atoms in total. The van der Waals surface area contributed by atoms with Gasteiger partial charge in [-0.1, -0.05) is 10.6 Å². The van der Waals surface area contributed by atoms with Gasteiger partial charge in [-0.05, 0) is 41.0 Å². The van der Waals surface area contributed by atoms with Crippen LogP contribution in [0.1, 0.15) is 5.56 Å². The Morgan fingerprint density at radius 3 is 2.80 bits per heavy atom. The molecule has 1 saturated heterocycles. The third-order valence-corrected chi connectivity index (χ3v) is 6.12. The van der Waals surface area contributed by atoms with Gasteiger partial charge in [-0.3, -0.25) is 9.88 Å². The number of carboxylic acids is 1. The summed E-state index contributed by atoms with van der Waals surface area (Å²) in [5.41, 5.74) is 2.35. The quantitative estimate of drug-likeness (QED) is 0.827. The van der Waals surface area contributed by atoms with Crippen molar-refractivity contribution in [1.29, 1.82) is 0 Å². The van der Waals surface area contributed by atoms with E-state index in [0.29, 0.717) is 25.8 Å². The molecular weight excluding hydrogens is 339 g/mol. The van der Waals surface area contributed by atoms with Crippen LogP contribution in [0.4, 0.5) is 0 Å². The Bertz CT molecular complexity index is 782. The number of pyridine rings is 1. The molecule has 0 aliphatic carbocycles. The van der Waals surface area contributed by atoms with Crippen molar-refractivity contribution in [2.24, 2.45) is 0 Å². The van der Waals surface area contributed by atoms with Gasteiger partial charge >= 0.3 is 13.8 Å². The number of carboxylic acid groups (broad SMARTS) is 1. The Hall–Kier alpha value is -2.30. The standard InChI is InChI=1S/C18H19N2O4P/c1-24-15-3-2-14(16(10-15)13-4-6-19-7-5-13)11-20-8-9-25(23)17(12-20)18(21)22/h2-7,10,17H,8-9,11-12H2,1H3/p+1. The topological polar surface area (TPSA) is 79.7 Å². The molecule has 2 unspecified atom stereocenters. The number of aromatic nitrogens is 1. The Morgan fingerprint density at radius 2 is 2.12 bits per heavy atom. The molecule has 2 aromatic rings. The van der Waals surface area contributed by atoms with Crippen molar-refractivity contribution >= 4 is 13.8 Å². The van der Waals surface area contributed by atoms with E-state index in [1.165, 1.54) is 0 Å². The summed E-state index contributed by atoms with van der Waals surface area (Å²) in [6.45, 7) is 1.56. The third-order valence-electron chi connectivity index (χ3n) is 4.40. The second kappa shape index (κ2) is 7.72. The molecule has 7 heteroatoms. The smallest absolute Gasteiger partial charge is 0.357 e. The van der Waals surface area contributed by atoms with E-state index >= 15 is 0 Å². The molecule has 0 saturated carbocycles. The number of rotatable bonds is 5. The van der Waals surface area contributed by atoms with Crippen LogP contribution in [0.2, 0.25) is 0 Å². The molecule has 130 valence electrons. The molecule has 3 rings (SSSR count). The highest BCUT2D eigenvalue weighted by atomic mass is 31.1. The van der Waals surface area contributed by atoms with Crippen LogP contribution in [0.15, 0.2) is 42.7 Å². The summed E-state index contributed by atoms with van der Waals surface area (Å²) in [5.74, 6) is -0.212. The second-order valence-electron chi connectivity index (χ2n) is 5.99. The van der Waals surface area contributed by atoms with Crippen molar-refractivity contribution < 1.29 is 19.2 Å². The summed E-state index contributed by atoms with van der Waals surface area (Å²) < 4.78 is 17.3. The number of nitrogens with zero attached hydrogens (tertiary/aromatic N) is 2. The zero-order chi connectivity index (χ0) is 17.8. The fraction of sp³-hybridized carbons (Fsp3) is 0.333. The van der Waals surface area contributed by atoms with Gasteiger partial charge in [0.15, 0.2) is 6.16 Å². The maximum absolute atomic E-state index is 11.9. The minimum absolute atomic E-state index is 0.312. The number of benzene rings is 1. The molecule has 0 amide bonds. The van der Waals surface area contributed by atoms with Crippen LogP contribution >= 0.6 is 7.80 Å². The number of ether oxygens (including phenoxy) is 1. The highest BCUT2D eigenvalue weighted by Crippen LogP contribution is 2.35. The van der Waals surface area contributed by atoms with Gasteiger partial charge in [0.2, 0.25) is 0 Å². The van der Waals surface area contributed by atoms with E-state index in [1.807, 2.05) is 30.3 Å². The zero-order valence-corrected chi connectivity index (χ0v) is 14.9. The maximum atomic E-state index is 11.9. The predicted molar refractivity (Wildman–Crippen MR) is 95.4 cm³/mol. The first kappa shape index (κ1) is 17.5. The summed E-state index contributed by atoms with van der Waals surface area (Å²) in [6, 6.07) is 9.75. The van der Waals surface area contributed by atoms with Gasteiger partial charge in [-0.15, -0.1) is 0 Å². The zero-order valence-electron chi connectivity index (χ0n) is 14.0. The van der Waals surface area contributed by atoms with Crippen molar-refractivity contribution in [1.82, 2.24) is 9.88 Å². The predicted octanol–water partition coefficient (Wildman–Crippen LogP) is 2.85. The first-order chi connectivity index (χ1) is 12.1. The molecular formula is C18H20N2O4P+. The van der Waals surface area contributed by atoms with Crippen LogP contribution in [0, 0.1) is 0 Å². The van der Waals surface area contributed by atoms with Crippen molar-refractivity contribution in [2.75, 3.05) is 26.4 Å². The molecule has 1 aromatic carbocycles. The van der Waals surface area contributed by atoms with Crippen LogP contribution in [-0.2, 0) is 15.9 Å². The summed E-state index contributed by atoms with van der Waals surface area (Å²) in [4.78, 5) is 17.4. The highest BCUT2D eigenvalue weighted by Gasteiger charge is 2.42. The SMILES string of the molecule is COc1ccc(CN2CC[P+](=O)C(C(=O)O)C2)c(-c2ccncc2)c1. The Kier molecular flexibility index (Phi) is 5.41. The van der Waals surface area contributed by atoms with Gasteiger partial charge in [-0.25, -0.2) is 4.79 Å². The van der Waals surface area contributed by atoms with Gasteiger partial charge in [0, 0.05) is 25.5 Å². The fourth-order valence-electron chi connectivity index (χ4n) is 3.03. The highest BCUT2D eigenvalue weighted by molar-refractivity contribution is 7.46. The molecule has 1 aliphatic rings. The number of methoxy groups -OCH3 is 1. The number of hydrogen-bond acceptors (Lipinski definition) is 5. The van der Waals surface area contributed by atoms with Gasteiger partial charge < -0.3 is 9.84 Å². The molecule has 1 fully saturated rings. The van der Waals surface area contributed by atoms with Gasteiger partial charge in [-0.2, -0.15) is 0 Å². The summed E-state index contributed by atoms with van der Waals surface area (Å²) in [7, 11) is -0.0456. The lowest BCUT2D eigenvalue weighted by atomic mass is 9.99. The van der Waals surface area contributed by atoms with E-state index in [9.17, 15) is 14.5 Å². The monoisotopic (exact) mass is 359 g/mol. The molecule has 2 atom stereocenters. The summed E-state index contributed by atoms with van der Waals surface area (Å²) in [6.07, 6.45) is 3.90. The lowest BCUT2D eigenvalue weighted by Crippen LogP contribution is -2.40. The van der Waals surface area contributed by atoms with Crippen LogP contribution in [0.3, 0.4) is 0 Å². The van der Waals surface area contributed by atoms with Gasteiger partial charge in [0.25, 0.3) is 5.66 Å². The van der Waals surface area contributed by atoms with Crippen molar-refractivity contribution in [3.63, 3.8) is 0 Å². The minimum atomic E-state index is -1.67. The van der Waals surface area contributed by atoms with E-state index in [4.69, 9.17) is 4.74 Å². The van der Waals surface area contributed by atoms with E-state index in [-0.39, 0.29) is 0 Å². The maximum Gasteiger partial charge on any atom is 0.357 e. The molecule has 1 aliphatic heterocycles. The molecule has 0 radical (unpaired) electrons. The van der Waals surface area contributed by atoms with E-state index < -0.39 is 19.4 Å². The van der Waals surface area contributed by atoms with Gasteiger partial charge in [0.1, 0.15) is 5.75 Å². The number of hydrogen-bond donors (Lipinski definition) is 1.